The molecule has 1 aromatic heterocycles. The number of aliphatic hydroxyl groups is 1. The third-order valence-electron chi connectivity index (χ3n) is 4.82. The van der Waals surface area contributed by atoms with Crippen molar-refractivity contribution in [1.29, 1.82) is 0 Å². The molecule has 4 nitrogen and oxygen atoms in total. The Balaban J connectivity index is 1.53. The first-order chi connectivity index (χ1) is 12.8. The second kappa shape index (κ2) is 6.13. The summed E-state index contributed by atoms with van der Waals surface area (Å²) in [6, 6.07) is 15.2. The van der Waals surface area contributed by atoms with Crippen molar-refractivity contribution in [1.82, 2.24) is 4.57 Å². The van der Waals surface area contributed by atoms with Crippen molar-refractivity contribution in [2.24, 2.45) is 12.2 Å². The molecule has 2 heterocycles. The van der Waals surface area contributed by atoms with Gasteiger partial charge in [0.05, 0.1) is 12.1 Å². The fourth-order valence-corrected chi connectivity index (χ4v) is 3.33. The minimum atomic E-state index is -4.90. The number of para-hydroxylation sites is 1. The normalized spacial score (nSPS) is 20.0. The van der Waals surface area contributed by atoms with Gasteiger partial charge in [0.15, 0.2) is 0 Å². The molecule has 0 saturated heterocycles. The number of hydrogen-bond acceptors (Lipinski definition) is 3. The maximum absolute atomic E-state index is 12.8. The Bertz CT molecular complexity index is 1020. The molecule has 27 heavy (non-hydrogen) atoms. The highest BCUT2D eigenvalue weighted by atomic mass is 19.4. The second-order valence-corrected chi connectivity index (χ2v) is 6.74. The Morgan fingerprint density at radius 2 is 1.85 bits per heavy atom. The molecular weight excluding hydrogens is 357 g/mol. The van der Waals surface area contributed by atoms with Crippen LogP contribution in [0.1, 0.15) is 23.1 Å². The number of hydrogen-bond donors (Lipinski definition) is 1. The number of benzene rings is 2. The lowest BCUT2D eigenvalue weighted by Crippen LogP contribution is -2.45. The molecule has 0 fully saturated rings. The Labute approximate surface area is 153 Å². The molecule has 7 heteroatoms. The van der Waals surface area contributed by atoms with E-state index in [1.54, 1.807) is 12.1 Å². The first-order valence-corrected chi connectivity index (χ1v) is 8.43. The van der Waals surface area contributed by atoms with Crippen molar-refractivity contribution in [3.8, 4) is 0 Å². The monoisotopic (exact) mass is 374 g/mol. The van der Waals surface area contributed by atoms with Crippen LogP contribution in [0, 0.1) is 0 Å². The van der Waals surface area contributed by atoms with E-state index in [2.05, 4.69) is 32.9 Å². The van der Waals surface area contributed by atoms with Gasteiger partial charge in [0.25, 0.3) is 0 Å². The first-order valence-electron chi connectivity index (χ1n) is 8.43. The fraction of sp³-hybridized carbons (Fsp3) is 0.250. The molecule has 0 radical (unpaired) electrons. The van der Waals surface area contributed by atoms with E-state index < -0.39 is 18.4 Å². The minimum absolute atomic E-state index is 0.0755. The molecule has 0 spiro atoms. The van der Waals surface area contributed by atoms with Crippen LogP contribution in [0.3, 0.4) is 0 Å². The van der Waals surface area contributed by atoms with Gasteiger partial charge in [0.2, 0.25) is 0 Å². The van der Waals surface area contributed by atoms with Crippen molar-refractivity contribution in [3.05, 3.63) is 71.4 Å². The number of nitrogens with zero attached hydrogens (tertiary/aromatic N) is 2. The summed E-state index contributed by atoms with van der Waals surface area (Å²) in [6.07, 6.45) is -2.83. The lowest BCUT2D eigenvalue weighted by atomic mass is 9.99. The van der Waals surface area contributed by atoms with E-state index in [9.17, 15) is 18.3 Å². The average molecular weight is 374 g/mol. The zero-order chi connectivity index (χ0) is 19.2. The summed E-state index contributed by atoms with van der Waals surface area (Å²) >= 11 is 0. The van der Waals surface area contributed by atoms with E-state index in [-0.39, 0.29) is 5.71 Å². The molecule has 0 aliphatic carbocycles. The van der Waals surface area contributed by atoms with Gasteiger partial charge < -0.3 is 14.5 Å². The van der Waals surface area contributed by atoms with Crippen LogP contribution in [0.15, 0.2) is 59.9 Å². The first kappa shape index (κ1) is 17.6. The fourth-order valence-electron chi connectivity index (χ4n) is 3.33. The average Bonchev–Trinajstić information content (AvgIpc) is 3.18. The number of aryl methyl sites for hydroxylation is 1. The van der Waals surface area contributed by atoms with E-state index in [1.807, 2.05) is 31.3 Å². The van der Waals surface area contributed by atoms with Gasteiger partial charge >= 0.3 is 12.0 Å². The van der Waals surface area contributed by atoms with Crippen LogP contribution in [0.25, 0.3) is 10.9 Å². The Hall–Kier alpha value is -2.80. The van der Waals surface area contributed by atoms with Gasteiger partial charge in [-0.3, -0.25) is 0 Å². The minimum Gasteiger partial charge on any atom is -0.350 e. The van der Waals surface area contributed by atoms with Crippen molar-refractivity contribution in [2.75, 3.05) is 0 Å². The maximum Gasteiger partial charge on any atom is 0.458 e. The molecule has 4 rings (SSSR count). The highest BCUT2D eigenvalue weighted by molar-refractivity contribution is 6.01. The van der Waals surface area contributed by atoms with Gasteiger partial charge in [0, 0.05) is 24.1 Å². The zero-order valence-corrected chi connectivity index (χ0v) is 14.5. The summed E-state index contributed by atoms with van der Waals surface area (Å²) in [5.74, 6) is -3.25. The number of aromatic nitrogens is 1. The van der Waals surface area contributed by atoms with Gasteiger partial charge in [-0.2, -0.15) is 13.2 Å². The molecule has 0 amide bonds. The molecule has 1 N–H and O–H groups in total. The van der Waals surface area contributed by atoms with Gasteiger partial charge in [-0.25, -0.2) is 0 Å². The van der Waals surface area contributed by atoms with Crippen LogP contribution in [-0.2, 0) is 18.3 Å². The highest BCUT2D eigenvalue weighted by Gasteiger charge is 2.60. The van der Waals surface area contributed by atoms with Crippen molar-refractivity contribution in [2.45, 2.75) is 24.8 Å². The molecule has 1 aliphatic heterocycles. The van der Waals surface area contributed by atoms with E-state index in [0.717, 1.165) is 11.1 Å². The largest absolute Gasteiger partial charge is 0.458 e. The molecule has 0 saturated carbocycles. The highest BCUT2D eigenvalue weighted by Crippen LogP contribution is 2.39. The number of oxime groups is 1. The van der Waals surface area contributed by atoms with Gasteiger partial charge in [-0.15, -0.1) is 0 Å². The molecule has 1 aliphatic rings. The van der Waals surface area contributed by atoms with Crippen LogP contribution in [-0.4, -0.2) is 27.3 Å². The lowest BCUT2D eigenvalue weighted by molar-refractivity contribution is -0.355. The van der Waals surface area contributed by atoms with Gasteiger partial charge in [-0.05, 0) is 29.2 Å². The lowest BCUT2D eigenvalue weighted by Gasteiger charge is -2.22. The predicted molar refractivity (Wildman–Crippen MR) is 95.4 cm³/mol. The maximum atomic E-state index is 12.8. The van der Waals surface area contributed by atoms with Crippen LogP contribution in [0.2, 0.25) is 0 Å². The predicted octanol–water partition coefficient (Wildman–Crippen LogP) is 4.14. The van der Waals surface area contributed by atoms with E-state index in [0.29, 0.717) is 12.0 Å². The summed E-state index contributed by atoms with van der Waals surface area (Å²) in [4.78, 5) is 4.26. The number of alkyl halides is 3. The molecule has 140 valence electrons. The molecule has 0 bridgehead atoms. The van der Waals surface area contributed by atoms with Gasteiger partial charge in [0.1, 0.15) is 0 Å². The number of rotatable bonds is 3. The molecular formula is C20H17F3N2O2. The van der Waals surface area contributed by atoms with Gasteiger partial charge in [-0.1, -0.05) is 47.6 Å². The smallest absolute Gasteiger partial charge is 0.350 e. The Morgan fingerprint density at radius 1 is 1.15 bits per heavy atom. The van der Waals surface area contributed by atoms with Crippen molar-refractivity contribution >= 4 is 16.6 Å². The van der Waals surface area contributed by atoms with Crippen molar-refractivity contribution < 1.29 is 23.1 Å². The molecule has 3 aromatic rings. The van der Waals surface area contributed by atoms with Crippen LogP contribution in [0.4, 0.5) is 13.2 Å². The molecule has 2 aromatic carbocycles. The quantitative estimate of drug-likeness (QED) is 0.749. The summed E-state index contributed by atoms with van der Waals surface area (Å²) in [6.45, 7) is 0. The standard InChI is InChI=1S/C20H17F3N2O2/c1-25-12-15(16-4-2-3-5-18(16)25)10-13-6-8-14(9-7-13)17-11-19(26,27-24-17)20(21,22)23/h2-9,12,26H,10-11H2,1H3. The Kier molecular flexibility index (Phi) is 3.99. The molecule has 1 unspecified atom stereocenters. The summed E-state index contributed by atoms with van der Waals surface area (Å²) in [5.41, 5.74) is 3.92. The number of fused-ring (bicyclic) bond motifs is 1. The summed E-state index contributed by atoms with van der Waals surface area (Å²) < 4.78 is 40.5. The summed E-state index contributed by atoms with van der Waals surface area (Å²) in [5, 5.41) is 14.1. The third kappa shape index (κ3) is 3.08. The second-order valence-electron chi connectivity index (χ2n) is 6.74. The third-order valence-corrected chi connectivity index (χ3v) is 4.82. The van der Waals surface area contributed by atoms with Crippen LogP contribution < -0.4 is 0 Å². The van der Waals surface area contributed by atoms with E-state index in [4.69, 9.17) is 0 Å². The van der Waals surface area contributed by atoms with E-state index in [1.165, 1.54) is 10.9 Å². The zero-order valence-electron chi connectivity index (χ0n) is 14.5. The topological polar surface area (TPSA) is 46.8 Å². The number of halogens is 3. The van der Waals surface area contributed by atoms with E-state index >= 15 is 0 Å². The molecule has 1 atom stereocenters. The van der Waals surface area contributed by atoms with Crippen LogP contribution in [0.5, 0.6) is 0 Å². The summed E-state index contributed by atoms with van der Waals surface area (Å²) in [7, 11) is 2.00. The van der Waals surface area contributed by atoms with Crippen molar-refractivity contribution in [3.63, 3.8) is 0 Å². The van der Waals surface area contributed by atoms with Crippen LogP contribution >= 0.6 is 0 Å². The Morgan fingerprint density at radius 3 is 2.52 bits per heavy atom. The SMILES string of the molecule is Cn1cc(Cc2ccc(C3=NOC(O)(C(F)(F)F)C3)cc2)c2ccccc21.